The molecule has 0 aliphatic carbocycles. The zero-order chi connectivity index (χ0) is 14.3. The molecule has 2 nitrogen and oxygen atoms in total. The van der Waals surface area contributed by atoms with Gasteiger partial charge in [0.1, 0.15) is 5.82 Å². The third kappa shape index (κ3) is 5.31. The van der Waals surface area contributed by atoms with Crippen molar-refractivity contribution in [3.63, 3.8) is 0 Å². The van der Waals surface area contributed by atoms with Crippen LogP contribution in [-0.2, 0) is 0 Å². The van der Waals surface area contributed by atoms with Gasteiger partial charge in [-0.3, -0.25) is 4.79 Å². The summed E-state index contributed by atoms with van der Waals surface area (Å²) in [4.78, 5) is 11.9. The molecule has 0 unspecified atom stereocenters. The fourth-order valence-electron chi connectivity index (χ4n) is 1.95. The molecule has 0 saturated heterocycles. The van der Waals surface area contributed by atoms with Crippen LogP contribution in [0.1, 0.15) is 49.9 Å². The maximum atomic E-state index is 13.5. The normalized spacial score (nSPS) is 12.2. The molecule has 0 aliphatic rings. The summed E-state index contributed by atoms with van der Waals surface area (Å²) in [5, 5.41) is 2.83. The number of hydrogen-bond donors (Lipinski definition) is 1. The van der Waals surface area contributed by atoms with Crippen LogP contribution in [0.5, 0.6) is 0 Å². The summed E-state index contributed by atoms with van der Waals surface area (Å²) < 4.78 is 14.3. The molecular weight excluding hydrogens is 309 g/mol. The highest BCUT2D eigenvalue weighted by molar-refractivity contribution is 9.10. The van der Waals surface area contributed by atoms with E-state index in [2.05, 4.69) is 35.1 Å². The van der Waals surface area contributed by atoms with E-state index in [0.29, 0.717) is 16.9 Å². The Morgan fingerprint density at radius 3 is 2.79 bits per heavy atom. The summed E-state index contributed by atoms with van der Waals surface area (Å²) in [5.41, 5.74) is 0.0970. The van der Waals surface area contributed by atoms with Crippen molar-refractivity contribution >= 4 is 21.8 Å². The Hall–Kier alpha value is -0.900. The summed E-state index contributed by atoms with van der Waals surface area (Å²) in [6, 6.07) is 4.40. The molecule has 0 aromatic heterocycles. The summed E-state index contributed by atoms with van der Waals surface area (Å²) in [5.74, 6) is -0.352. The number of amides is 1. The second-order valence-corrected chi connectivity index (χ2v) is 5.67. The first-order valence-corrected chi connectivity index (χ1v) is 7.61. The van der Waals surface area contributed by atoms with Crippen LogP contribution in [0.4, 0.5) is 4.39 Å². The lowest BCUT2D eigenvalue weighted by Crippen LogP contribution is -2.29. The van der Waals surface area contributed by atoms with Crippen molar-refractivity contribution in [2.75, 3.05) is 6.54 Å². The van der Waals surface area contributed by atoms with Gasteiger partial charge >= 0.3 is 0 Å². The number of unbranched alkanes of at least 4 members (excludes halogenated alkanes) is 1. The van der Waals surface area contributed by atoms with E-state index in [1.165, 1.54) is 18.6 Å². The predicted molar refractivity (Wildman–Crippen MR) is 79.7 cm³/mol. The van der Waals surface area contributed by atoms with Gasteiger partial charge in [0.05, 0.1) is 5.56 Å². The van der Waals surface area contributed by atoms with Crippen molar-refractivity contribution in [3.05, 3.63) is 34.1 Å². The molecule has 0 fully saturated rings. The van der Waals surface area contributed by atoms with Crippen LogP contribution in [0.25, 0.3) is 0 Å². The Morgan fingerprint density at radius 1 is 1.42 bits per heavy atom. The lowest BCUT2D eigenvalue weighted by molar-refractivity contribution is 0.0941. The SMILES string of the molecule is CCCC[C@@H](CC)CNC(=O)c1cc(Br)ccc1F. The molecule has 0 spiro atoms. The molecule has 1 aromatic carbocycles. The van der Waals surface area contributed by atoms with Gasteiger partial charge in [-0.1, -0.05) is 49.0 Å². The Labute approximate surface area is 122 Å². The van der Waals surface area contributed by atoms with Crippen molar-refractivity contribution in [1.82, 2.24) is 5.32 Å². The van der Waals surface area contributed by atoms with Gasteiger partial charge in [-0.05, 0) is 30.5 Å². The first kappa shape index (κ1) is 16.2. The van der Waals surface area contributed by atoms with Crippen molar-refractivity contribution < 1.29 is 9.18 Å². The van der Waals surface area contributed by atoms with Crippen molar-refractivity contribution in [2.45, 2.75) is 39.5 Å². The highest BCUT2D eigenvalue weighted by Gasteiger charge is 2.13. The van der Waals surface area contributed by atoms with Crippen LogP contribution in [0.3, 0.4) is 0 Å². The quantitative estimate of drug-likeness (QED) is 0.782. The Bertz CT molecular complexity index is 423. The van der Waals surface area contributed by atoms with E-state index in [4.69, 9.17) is 0 Å². The highest BCUT2D eigenvalue weighted by Crippen LogP contribution is 2.16. The van der Waals surface area contributed by atoms with Gasteiger partial charge in [-0.25, -0.2) is 4.39 Å². The Morgan fingerprint density at radius 2 is 2.16 bits per heavy atom. The zero-order valence-corrected chi connectivity index (χ0v) is 13.1. The van der Waals surface area contributed by atoms with Gasteiger partial charge in [0.2, 0.25) is 0 Å². The fourth-order valence-corrected chi connectivity index (χ4v) is 2.31. The first-order valence-electron chi connectivity index (χ1n) is 6.81. The topological polar surface area (TPSA) is 29.1 Å². The van der Waals surface area contributed by atoms with E-state index in [-0.39, 0.29) is 11.5 Å². The molecule has 1 rings (SSSR count). The Balaban J connectivity index is 2.56. The predicted octanol–water partition coefficient (Wildman–Crippen LogP) is 4.53. The summed E-state index contributed by atoms with van der Waals surface area (Å²) >= 11 is 3.25. The van der Waals surface area contributed by atoms with Crippen molar-refractivity contribution in [3.8, 4) is 0 Å². The smallest absolute Gasteiger partial charge is 0.254 e. The lowest BCUT2D eigenvalue weighted by atomic mass is 9.99. The van der Waals surface area contributed by atoms with Crippen molar-refractivity contribution in [2.24, 2.45) is 5.92 Å². The van der Waals surface area contributed by atoms with E-state index in [1.807, 2.05) is 0 Å². The monoisotopic (exact) mass is 329 g/mol. The number of nitrogens with one attached hydrogen (secondary N) is 1. The summed E-state index contributed by atoms with van der Waals surface area (Å²) in [6.07, 6.45) is 4.46. The molecule has 19 heavy (non-hydrogen) atoms. The molecular formula is C15H21BrFNO. The van der Waals surface area contributed by atoms with Crippen molar-refractivity contribution in [1.29, 1.82) is 0 Å². The number of benzene rings is 1. The number of carbonyl (C=O) groups is 1. The molecule has 0 bridgehead atoms. The second kappa shape index (κ2) is 8.31. The van der Waals surface area contributed by atoms with Crippen LogP contribution < -0.4 is 5.32 Å². The molecule has 1 atom stereocenters. The number of halogens is 2. The molecule has 0 saturated carbocycles. The average molecular weight is 330 g/mol. The fraction of sp³-hybridized carbons (Fsp3) is 0.533. The van der Waals surface area contributed by atoms with Crippen LogP contribution in [-0.4, -0.2) is 12.5 Å². The average Bonchev–Trinajstić information content (AvgIpc) is 2.41. The minimum atomic E-state index is -0.484. The van der Waals surface area contributed by atoms with E-state index in [0.717, 1.165) is 19.3 Å². The van der Waals surface area contributed by atoms with Gasteiger partial charge < -0.3 is 5.32 Å². The third-order valence-corrected chi connectivity index (χ3v) is 3.76. The van der Waals surface area contributed by atoms with Crippen LogP contribution >= 0.6 is 15.9 Å². The number of carbonyl (C=O) groups excluding carboxylic acids is 1. The minimum absolute atomic E-state index is 0.0970. The second-order valence-electron chi connectivity index (χ2n) is 4.75. The first-order chi connectivity index (χ1) is 9.08. The van der Waals surface area contributed by atoms with Crippen LogP contribution in [0.15, 0.2) is 22.7 Å². The molecule has 1 aromatic rings. The molecule has 0 aliphatic heterocycles. The van der Waals surface area contributed by atoms with Gasteiger partial charge in [0, 0.05) is 11.0 Å². The zero-order valence-electron chi connectivity index (χ0n) is 11.5. The molecule has 4 heteroatoms. The van der Waals surface area contributed by atoms with Crippen LogP contribution in [0.2, 0.25) is 0 Å². The molecule has 1 N–H and O–H groups in total. The molecule has 0 heterocycles. The van der Waals surface area contributed by atoms with E-state index < -0.39 is 5.82 Å². The standard InChI is InChI=1S/C15H21BrFNO/c1-3-5-6-11(4-2)10-18-15(19)13-9-12(16)7-8-14(13)17/h7-9,11H,3-6,10H2,1-2H3,(H,18,19)/t11-/m1/s1. The van der Waals surface area contributed by atoms with Gasteiger partial charge in [-0.2, -0.15) is 0 Å². The van der Waals surface area contributed by atoms with Crippen LogP contribution in [0, 0.1) is 11.7 Å². The van der Waals surface area contributed by atoms with Gasteiger partial charge in [0.25, 0.3) is 5.91 Å². The third-order valence-electron chi connectivity index (χ3n) is 3.27. The van der Waals surface area contributed by atoms with Gasteiger partial charge in [0.15, 0.2) is 0 Å². The maximum Gasteiger partial charge on any atom is 0.254 e. The lowest BCUT2D eigenvalue weighted by Gasteiger charge is -2.15. The molecule has 106 valence electrons. The van der Waals surface area contributed by atoms with E-state index >= 15 is 0 Å². The maximum absolute atomic E-state index is 13.5. The van der Waals surface area contributed by atoms with Gasteiger partial charge in [-0.15, -0.1) is 0 Å². The summed E-state index contributed by atoms with van der Waals surface area (Å²) in [7, 11) is 0. The molecule has 0 radical (unpaired) electrons. The highest BCUT2D eigenvalue weighted by atomic mass is 79.9. The number of rotatable bonds is 7. The Kier molecular flexibility index (Phi) is 7.06. The van der Waals surface area contributed by atoms with E-state index in [9.17, 15) is 9.18 Å². The largest absolute Gasteiger partial charge is 0.352 e. The number of hydrogen-bond acceptors (Lipinski definition) is 1. The summed E-state index contributed by atoms with van der Waals surface area (Å²) in [6.45, 7) is 4.88. The molecule has 1 amide bonds. The minimum Gasteiger partial charge on any atom is -0.352 e. The van der Waals surface area contributed by atoms with E-state index in [1.54, 1.807) is 6.07 Å².